The molecule has 2 aromatic heterocycles. The molecule has 0 saturated heterocycles. The molecule has 0 aliphatic rings. The summed E-state index contributed by atoms with van der Waals surface area (Å²) in [5.41, 5.74) is 5.77. The van der Waals surface area contributed by atoms with Crippen LogP contribution >= 0.6 is 18.5 Å². The number of pyridine rings is 1. The molecule has 0 radical (unpaired) electrons. The van der Waals surface area contributed by atoms with Crippen molar-refractivity contribution in [2.45, 2.75) is 19.3 Å². The van der Waals surface area contributed by atoms with Gasteiger partial charge in [0.15, 0.2) is 0 Å². The predicted molar refractivity (Wildman–Crippen MR) is 128 cm³/mol. The van der Waals surface area contributed by atoms with Gasteiger partial charge in [-0.05, 0) is 28.2 Å². The molecule has 2 aromatic carbocycles. The second kappa shape index (κ2) is 8.57. The van der Waals surface area contributed by atoms with E-state index in [2.05, 4.69) is 67.9 Å². The van der Waals surface area contributed by atoms with Crippen LogP contribution in [0.5, 0.6) is 5.75 Å². The second-order valence-electron chi connectivity index (χ2n) is 7.08. The van der Waals surface area contributed by atoms with Gasteiger partial charge in [-0.2, -0.15) is 5.26 Å². The molecule has 0 bridgehead atoms. The SMILES string of the molecule is CCc1c(C(c2ccccc2P)c2ccccc2P)nc2cc(OC)c(C#N)cn12. The molecule has 4 rings (SSSR count). The number of aryl methyl sites for hydroxylation is 1. The number of benzene rings is 2. The molecule has 2 atom stereocenters. The average molecular weight is 431 g/mol. The molecule has 6 heteroatoms. The summed E-state index contributed by atoms with van der Waals surface area (Å²) in [5, 5.41) is 11.8. The van der Waals surface area contributed by atoms with Gasteiger partial charge in [0.1, 0.15) is 23.0 Å². The molecule has 2 unspecified atom stereocenters. The van der Waals surface area contributed by atoms with E-state index in [1.165, 1.54) is 11.1 Å². The number of hydrogen-bond acceptors (Lipinski definition) is 3. The quantitative estimate of drug-likeness (QED) is 0.450. The molecule has 4 nitrogen and oxygen atoms in total. The topological polar surface area (TPSA) is 50.3 Å². The van der Waals surface area contributed by atoms with Crippen LogP contribution in [0.4, 0.5) is 0 Å². The Morgan fingerprint density at radius 3 is 2.17 bits per heavy atom. The summed E-state index contributed by atoms with van der Waals surface area (Å²) in [7, 11) is 7.29. The molecule has 0 aliphatic carbocycles. The number of nitriles is 1. The fourth-order valence-electron chi connectivity index (χ4n) is 3.98. The van der Waals surface area contributed by atoms with Crippen molar-refractivity contribution in [3.05, 3.63) is 88.9 Å². The van der Waals surface area contributed by atoms with Crippen molar-refractivity contribution in [2.75, 3.05) is 7.11 Å². The van der Waals surface area contributed by atoms with Gasteiger partial charge in [0.05, 0.1) is 18.7 Å². The van der Waals surface area contributed by atoms with E-state index in [1.54, 1.807) is 7.11 Å². The fourth-order valence-corrected chi connectivity index (χ4v) is 4.73. The number of hydrogen-bond donors (Lipinski definition) is 0. The first kappa shape index (κ1) is 20.5. The third-order valence-electron chi connectivity index (χ3n) is 5.41. The summed E-state index contributed by atoms with van der Waals surface area (Å²) in [6.45, 7) is 2.12. The van der Waals surface area contributed by atoms with Crippen LogP contribution in [-0.2, 0) is 6.42 Å². The minimum Gasteiger partial charge on any atom is -0.495 e. The van der Waals surface area contributed by atoms with E-state index in [0.29, 0.717) is 11.3 Å². The number of aromatic nitrogens is 2. The zero-order valence-corrected chi connectivity index (χ0v) is 19.3. The molecule has 0 spiro atoms. The summed E-state index contributed by atoms with van der Waals surface area (Å²) in [6, 6.07) is 20.8. The van der Waals surface area contributed by atoms with E-state index in [0.717, 1.165) is 34.1 Å². The van der Waals surface area contributed by atoms with Gasteiger partial charge in [-0.15, -0.1) is 18.5 Å². The highest BCUT2D eigenvalue weighted by atomic mass is 31.0. The number of nitrogens with zero attached hydrogens (tertiary/aromatic N) is 3. The van der Waals surface area contributed by atoms with Crippen molar-refractivity contribution in [3.63, 3.8) is 0 Å². The van der Waals surface area contributed by atoms with Gasteiger partial charge in [-0.1, -0.05) is 55.5 Å². The van der Waals surface area contributed by atoms with E-state index in [9.17, 15) is 5.26 Å². The first-order valence-electron chi connectivity index (χ1n) is 9.76. The van der Waals surface area contributed by atoms with E-state index < -0.39 is 0 Å². The molecule has 0 amide bonds. The Bertz CT molecular complexity index is 1230. The molecule has 150 valence electrons. The van der Waals surface area contributed by atoms with Gasteiger partial charge in [-0.3, -0.25) is 0 Å². The maximum atomic E-state index is 9.55. The standard InChI is InChI=1S/C24H23N3OP2/c1-3-18-24(26-22-12-19(28-2)15(13-25)14-27(18)22)23(16-8-4-6-10-20(16)29)17-9-5-7-11-21(17)30/h4-12,14,23H,3,29-30H2,1-2H3. The highest BCUT2D eigenvalue weighted by molar-refractivity contribution is 7.28. The number of fused-ring (bicyclic) bond motifs is 1. The maximum absolute atomic E-state index is 9.55. The second-order valence-corrected chi connectivity index (χ2v) is 8.33. The lowest BCUT2D eigenvalue weighted by atomic mass is 9.87. The van der Waals surface area contributed by atoms with Crippen LogP contribution in [0.1, 0.15) is 40.9 Å². The Hall–Kier alpha value is -2.72. The molecule has 4 aromatic rings. The molecule has 0 N–H and O–H groups in total. The maximum Gasteiger partial charge on any atom is 0.141 e. The number of imidazole rings is 1. The van der Waals surface area contributed by atoms with Crippen LogP contribution in [0.15, 0.2) is 60.8 Å². The van der Waals surface area contributed by atoms with Gasteiger partial charge >= 0.3 is 0 Å². The largest absolute Gasteiger partial charge is 0.495 e. The number of ether oxygens (including phenoxy) is 1. The first-order chi connectivity index (χ1) is 14.6. The third kappa shape index (κ3) is 3.50. The lowest BCUT2D eigenvalue weighted by Crippen LogP contribution is -2.17. The van der Waals surface area contributed by atoms with Crippen LogP contribution in [0.25, 0.3) is 5.65 Å². The monoisotopic (exact) mass is 431 g/mol. The van der Waals surface area contributed by atoms with Crippen molar-refractivity contribution in [1.29, 1.82) is 5.26 Å². The Morgan fingerprint density at radius 2 is 1.67 bits per heavy atom. The van der Waals surface area contributed by atoms with Gasteiger partial charge < -0.3 is 9.14 Å². The normalized spacial score (nSPS) is 11.1. The van der Waals surface area contributed by atoms with Gasteiger partial charge in [-0.25, -0.2) is 4.98 Å². The van der Waals surface area contributed by atoms with Crippen LogP contribution in [-0.4, -0.2) is 16.5 Å². The van der Waals surface area contributed by atoms with E-state index >= 15 is 0 Å². The fraction of sp³-hybridized carbons (Fsp3) is 0.167. The molecular formula is C24H23N3OP2. The number of methoxy groups -OCH3 is 1. The summed E-state index contributed by atoms with van der Waals surface area (Å²) < 4.78 is 7.44. The third-order valence-corrected chi connectivity index (χ3v) is 6.47. The Kier molecular flexibility index (Phi) is 5.87. The average Bonchev–Trinajstić information content (AvgIpc) is 3.12. The lowest BCUT2D eigenvalue weighted by Gasteiger charge is -2.21. The highest BCUT2D eigenvalue weighted by Crippen LogP contribution is 2.35. The van der Waals surface area contributed by atoms with E-state index in [4.69, 9.17) is 9.72 Å². The van der Waals surface area contributed by atoms with Crippen LogP contribution in [0, 0.1) is 11.3 Å². The molecule has 0 aliphatic heterocycles. The van der Waals surface area contributed by atoms with Crippen LogP contribution in [0.2, 0.25) is 0 Å². The Morgan fingerprint density at radius 1 is 1.07 bits per heavy atom. The highest BCUT2D eigenvalue weighted by Gasteiger charge is 2.27. The van der Waals surface area contributed by atoms with Crippen molar-refractivity contribution < 1.29 is 4.74 Å². The van der Waals surface area contributed by atoms with Crippen LogP contribution < -0.4 is 15.3 Å². The van der Waals surface area contributed by atoms with Crippen molar-refractivity contribution in [1.82, 2.24) is 9.38 Å². The van der Waals surface area contributed by atoms with Gasteiger partial charge in [0.2, 0.25) is 0 Å². The lowest BCUT2D eigenvalue weighted by molar-refractivity contribution is 0.413. The van der Waals surface area contributed by atoms with E-state index in [1.807, 2.05) is 28.8 Å². The summed E-state index contributed by atoms with van der Waals surface area (Å²) >= 11 is 0. The zero-order chi connectivity index (χ0) is 21.3. The minimum absolute atomic E-state index is 0.0289. The molecule has 2 heterocycles. The van der Waals surface area contributed by atoms with Crippen molar-refractivity contribution in [3.8, 4) is 11.8 Å². The van der Waals surface area contributed by atoms with Gasteiger partial charge in [0.25, 0.3) is 0 Å². The molecule has 0 fully saturated rings. The van der Waals surface area contributed by atoms with Crippen LogP contribution in [0.3, 0.4) is 0 Å². The summed E-state index contributed by atoms with van der Waals surface area (Å²) in [4.78, 5) is 5.06. The Balaban J connectivity index is 2.06. The zero-order valence-electron chi connectivity index (χ0n) is 17.0. The van der Waals surface area contributed by atoms with Crippen molar-refractivity contribution >= 4 is 34.7 Å². The van der Waals surface area contributed by atoms with Crippen molar-refractivity contribution in [2.24, 2.45) is 0 Å². The predicted octanol–water partition coefficient (Wildman–Crippen LogP) is 3.96. The number of rotatable bonds is 5. The molecule has 0 saturated carbocycles. The Labute approximate surface area is 181 Å². The smallest absolute Gasteiger partial charge is 0.141 e. The van der Waals surface area contributed by atoms with Gasteiger partial charge in [0, 0.05) is 18.0 Å². The summed E-state index contributed by atoms with van der Waals surface area (Å²) in [6.07, 6.45) is 2.63. The van der Waals surface area contributed by atoms with E-state index in [-0.39, 0.29) is 5.92 Å². The first-order valence-corrected chi connectivity index (χ1v) is 10.9. The molecule has 30 heavy (non-hydrogen) atoms. The summed E-state index contributed by atoms with van der Waals surface area (Å²) in [5.74, 6) is 0.512. The minimum atomic E-state index is -0.0289. The molecular weight excluding hydrogens is 408 g/mol.